The van der Waals surface area contributed by atoms with Gasteiger partial charge in [-0.1, -0.05) is 226 Å². The Bertz CT molecular complexity index is 420. The van der Waals surface area contributed by atoms with E-state index in [1.54, 1.807) is 0 Å². The zero-order valence-electron chi connectivity index (χ0n) is 30.3. The van der Waals surface area contributed by atoms with Crippen LogP contribution < -0.4 is 0 Å². The van der Waals surface area contributed by atoms with Crippen molar-refractivity contribution in [3.63, 3.8) is 0 Å². The summed E-state index contributed by atoms with van der Waals surface area (Å²) in [5, 5.41) is 0. The van der Waals surface area contributed by atoms with Gasteiger partial charge in [0.15, 0.2) is 0 Å². The van der Waals surface area contributed by atoms with Crippen molar-refractivity contribution in [2.75, 3.05) is 19.6 Å². The van der Waals surface area contributed by atoms with Gasteiger partial charge in [0.05, 0.1) is 0 Å². The third-order valence-electron chi connectivity index (χ3n) is 9.73. The molecule has 1 nitrogen and oxygen atoms in total. The standard InChI is InChI=1S/C41H85N/c1-4-7-10-13-16-19-22-23-26-29-32-35-38-41-42(39-36-33-30-27-24-20-17-14-11-8-5-2)40-37-34-31-28-25-21-18-15-12-9-6-3/h4-41H2,1-3H3. The normalized spacial score (nSPS) is 11.7. The van der Waals surface area contributed by atoms with E-state index in [9.17, 15) is 0 Å². The molecule has 254 valence electrons. The lowest BCUT2D eigenvalue weighted by molar-refractivity contribution is 0.254. The smallest absolute Gasteiger partial charge is 0.00187 e. The molecule has 0 spiro atoms. The molecule has 0 aliphatic heterocycles. The molecule has 0 saturated carbocycles. The average Bonchev–Trinajstić information content (AvgIpc) is 3.00. The lowest BCUT2D eigenvalue weighted by Gasteiger charge is -2.22. The van der Waals surface area contributed by atoms with E-state index in [-0.39, 0.29) is 0 Å². The number of hydrogen-bond acceptors (Lipinski definition) is 1. The summed E-state index contributed by atoms with van der Waals surface area (Å²) in [5.74, 6) is 0. The number of rotatable bonds is 38. The van der Waals surface area contributed by atoms with Crippen molar-refractivity contribution in [2.45, 2.75) is 245 Å². The van der Waals surface area contributed by atoms with Crippen LogP contribution in [0.2, 0.25) is 0 Å². The van der Waals surface area contributed by atoms with Crippen LogP contribution in [-0.2, 0) is 0 Å². The highest BCUT2D eigenvalue weighted by atomic mass is 15.1. The minimum atomic E-state index is 1.37. The van der Waals surface area contributed by atoms with Crippen LogP contribution in [0.3, 0.4) is 0 Å². The predicted octanol–water partition coefficient (Wildman–Crippen LogP) is 15.0. The molecular formula is C41H85N. The molecule has 1 heteroatoms. The van der Waals surface area contributed by atoms with Gasteiger partial charge in [-0.05, 0) is 38.9 Å². The van der Waals surface area contributed by atoms with Crippen LogP contribution in [-0.4, -0.2) is 24.5 Å². The average molecular weight is 592 g/mol. The number of nitrogens with zero attached hydrogens (tertiary/aromatic N) is 1. The van der Waals surface area contributed by atoms with Crippen molar-refractivity contribution in [3.8, 4) is 0 Å². The minimum absolute atomic E-state index is 1.37. The topological polar surface area (TPSA) is 3.24 Å². The second-order valence-electron chi connectivity index (χ2n) is 14.2. The molecule has 0 aliphatic carbocycles. The summed E-state index contributed by atoms with van der Waals surface area (Å²) in [4.78, 5) is 2.86. The molecule has 42 heavy (non-hydrogen) atoms. The maximum atomic E-state index is 2.86. The Labute approximate surface area is 269 Å². The Morgan fingerprint density at radius 3 is 0.500 bits per heavy atom. The summed E-state index contributed by atoms with van der Waals surface area (Å²) in [5.41, 5.74) is 0. The molecule has 0 aromatic heterocycles. The van der Waals surface area contributed by atoms with E-state index in [4.69, 9.17) is 0 Å². The summed E-state index contributed by atoms with van der Waals surface area (Å²) < 4.78 is 0. The largest absolute Gasteiger partial charge is 0.303 e. The van der Waals surface area contributed by atoms with E-state index in [0.29, 0.717) is 0 Å². The summed E-state index contributed by atoms with van der Waals surface area (Å²) in [7, 11) is 0. The van der Waals surface area contributed by atoms with Gasteiger partial charge in [0.25, 0.3) is 0 Å². The van der Waals surface area contributed by atoms with Crippen LogP contribution >= 0.6 is 0 Å². The van der Waals surface area contributed by atoms with Gasteiger partial charge in [0.1, 0.15) is 0 Å². The summed E-state index contributed by atoms with van der Waals surface area (Å²) in [6.07, 6.45) is 51.1. The summed E-state index contributed by atoms with van der Waals surface area (Å²) in [6.45, 7) is 11.1. The van der Waals surface area contributed by atoms with E-state index in [1.165, 1.54) is 244 Å². The molecule has 0 fully saturated rings. The molecule has 0 atom stereocenters. The molecule has 0 radical (unpaired) electrons. The van der Waals surface area contributed by atoms with Gasteiger partial charge < -0.3 is 4.90 Å². The lowest BCUT2D eigenvalue weighted by atomic mass is 10.0. The Hall–Kier alpha value is -0.0400. The first-order valence-electron chi connectivity index (χ1n) is 20.6. The van der Waals surface area contributed by atoms with Gasteiger partial charge in [-0.15, -0.1) is 0 Å². The first-order chi connectivity index (χ1) is 20.8. The molecule has 0 rings (SSSR count). The second kappa shape index (κ2) is 39.0. The zero-order valence-corrected chi connectivity index (χ0v) is 30.3. The fraction of sp³-hybridized carbons (Fsp3) is 1.00. The minimum Gasteiger partial charge on any atom is -0.303 e. The van der Waals surface area contributed by atoms with Crippen LogP contribution in [0.4, 0.5) is 0 Å². The quantitative estimate of drug-likeness (QED) is 0.0645. The maximum Gasteiger partial charge on any atom is -0.00187 e. The van der Waals surface area contributed by atoms with Gasteiger partial charge in [-0.3, -0.25) is 0 Å². The Morgan fingerprint density at radius 2 is 0.333 bits per heavy atom. The van der Waals surface area contributed by atoms with Crippen molar-refractivity contribution in [1.82, 2.24) is 4.90 Å². The van der Waals surface area contributed by atoms with Crippen LogP contribution in [0.1, 0.15) is 245 Å². The lowest BCUT2D eigenvalue weighted by Crippen LogP contribution is -2.27. The highest BCUT2D eigenvalue weighted by Crippen LogP contribution is 2.15. The van der Waals surface area contributed by atoms with Crippen LogP contribution in [0.25, 0.3) is 0 Å². The van der Waals surface area contributed by atoms with Crippen LogP contribution in [0.5, 0.6) is 0 Å². The van der Waals surface area contributed by atoms with E-state index in [2.05, 4.69) is 25.7 Å². The predicted molar refractivity (Wildman–Crippen MR) is 195 cm³/mol. The molecule has 0 aliphatic rings. The van der Waals surface area contributed by atoms with Gasteiger partial charge >= 0.3 is 0 Å². The molecule has 0 aromatic rings. The highest BCUT2D eigenvalue weighted by Gasteiger charge is 2.05. The zero-order chi connectivity index (χ0) is 30.4. The van der Waals surface area contributed by atoms with Crippen molar-refractivity contribution in [2.24, 2.45) is 0 Å². The van der Waals surface area contributed by atoms with Crippen molar-refractivity contribution < 1.29 is 0 Å². The Morgan fingerprint density at radius 1 is 0.190 bits per heavy atom. The summed E-state index contributed by atoms with van der Waals surface area (Å²) >= 11 is 0. The highest BCUT2D eigenvalue weighted by molar-refractivity contribution is 4.61. The van der Waals surface area contributed by atoms with E-state index in [0.717, 1.165) is 0 Å². The van der Waals surface area contributed by atoms with Crippen LogP contribution in [0.15, 0.2) is 0 Å². The Balaban J connectivity index is 3.89. The van der Waals surface area contributed by atoms with Crippen molar-refractivity contribution in [3.05, 3.63) is 0 Å². The molecule has 0 N–H and O–H groups in total. The third kappa shape index (κ3) is 36.2. The maximum absolute atomic E-state index is 2.86. The van der Waals surface area contributed by atoms with E-state index < -0.39 is 0 Å². The molecule has 0 heterocycles. The molecule has 0 aromatic carbocycles. The SMILES string of the molecule is CCCCCCCCCCCCCCCN(CCCCCCCCCCCCC)CCCCCCCCCCCCC. The number of unbranched alkanes of at least 4 members (excludes halogenated alkanes) is 32. The van der Waals surface area contributed by atoms with Gasteiger partial charge in [-0.2, -0.15) is 0 Å². The second-order valence-corrected chi connectivity index (χ2v) is 14.2. The molecule has 0 bridgehead atoms. The molecule has 0 saturated heterocycles. The monoisotopic (exact) mass is 592 g/mol. The molecular weight excluding hydrogens is 506 g/mol. The van der Waals surface area contributed by atoms with Gasteiger partial charge in [-0.25, -0.2) is 0 Å². The van der Waals surface area contributed by atoms with Gasteiger partial charge in [0.2, 0.25) is 0 Å². The fourth-order valence-corrected chi connectivity index (χ4v) is 6.69. The van der Waals surface area contributed by atoms with Crippen molar-refractivity contribution >= 4 is 0 Å². The fourth-order valence-electron chi connectivity index (χ4n) is 6.69. The Kier molecular flexibility index (Phi) is 38.9. The third-order valence-corrected chi connectivity index (χ3v) is 9.73. The first-order valence-corrected chi connectivity index (χ1v) is 20.6. The van der Waals surface area contributed by atoms with Gasteiger partial charge in [0, 0.05) is 0 Å². The van der Waals surface area contributed by atoms with E-state index in [1.807, 2.05) is 0 Å². The molecule has 0 unspecified atom stereocenters. The van der Waals surface area contributed by atoms with E-state index >= 15 is 0 Å². The summed E-state index contributed by atoms with van der Waals surface area (Å²) in [6, 6.07) is 0. The van der Waals surface area contributed by atoms with Crippen molar-refractivity contribution in [1.29, 1.82) is 0 Å². The van der Waals surface area contributed by atoms with Crippen LogP contribution in [0, 0.1) is 0 Å². The molecule has 0 amide bonds. The first kappa shape index (κ1) is 42.0. The number of hydrogen-bond donors (Lipinski definition) is 0.